The van der Waals surface area contributed by atoms with E-state index in [9.17, 15) is 5.11 Å². The number of aliphatic hydroxyl groups excluding tert-OH is 1. The maximum absolute atomic E-state index is 9.48. The summed E-state index contributed by atoms with van der Waals surface area (Å²) in [6.45, 7) is 5.58. The first-order chi connectivity index (χ1) is 8.72. The molecule has 1 fully saturated rings. The molecule has 0 unspecified atom stereocenters. The minimum atomic E-state index is 0.0739. The lowest BCUT2D eigenvalue weighted by Gasteiger charge is -2.33. The van der Waals surface area contributed by atoms with E-state index in [1.807, 2.05) is 18.3 Å². The molecule has 0 aromatic carbocycles. The molecule has 0 saturated heterocycles. The fourth-order valence-corrected chi connectivity index (χ4v) is 2.83. The van der Waals surface area contributed by atoms with Gasteiger partial charge in [-0.3, -0.25) is 0 Å². The van der Waals surface area contributed by atoms with Crippen molar-refractivity contribution in [2.24, 2.45) is 5.92 Å². The second-order valence-corrected chi connectivity index (χ2v) is 5.63. The highest BCUT2D eigenvalue weighted by Gasteiger charge is 2.25. The number of aliphatic hydroxyl groups is 1. The summed E-state index contributed by atoms with van der Waals surface area (Å²) in [6.07, 6.45) is 6.99. The monoisotopic (exact) mass is 248 g/mol. The zero-order valence-corrected chi connectivity index (χ0v) is 11.5. The number of rotatable bonds is 5. The quantitative estimate of drug-likeness (QED) is 0.870. The van der Waals surface area contributed by atoms with Crippen molar-refractivity contribution in [3.8, 4) is 0 Å². The summed E-state index contributed by atoms with van der Waals surface area (Å²) in [6, 6.07) is 4.48. The first kappa shape index (κ1) is 13.3. The first-order valence-electron chi connectivity index (χ1n) is 7.03. The summed E-state index contributed by atoms with van der Waals surface area (Å²) in [7, 11) is 0. The van der Waals surface area contributed by atoms with Crippen molar-refractivity contribution in [1.82, 2.24) is 4.98 Å². The van der Waals surface area contributed by atoms with Crippen LogP contribution in [0.3, 0.4) is 0 Å². The molecule has 0 bridgehead atoms. The van der Waals surface area contributed by atoms with Gasteiger partial charge in [-0.25, -0.2) is 4.98 Å². The van der Waals surface area contributed by atoms with Crippen LogP contribution in [-0.4, -0.2) is 22.7 Å². The Labute approximate surface area is 110 Å². The molecule has 3 nitrogen and oxygen atoms in total. The molecule has 100 valence electrons. The van der Waals surface area contributed by atoms with Crippen LogP contribution in [0.1, 0.15) is 45.1 Å². The average molecular weight is 248 g/mol. The molecule has 3 heteroatoms. The Morgan fingerprint density at radius 3 is 2.72 bits per heavy atom. The SMILES string of the molecule is CC(C)CN(c1ncccc1CO)C1CCCC1. The lowest BCUT2D eigenvalue weighted by Crippen LogP contribution is -2.37. The topological polar surface area (TPSA) is 36.4 Å². The van der Waals surface area contributed by atoms with E-state index in [1.165, 1.54) is 25.7 Å². The fourth-order valence-electron chi connectivity index (χ4n) is 2.83. The Kier molecular flexibility index (Phi) is 4.59. The molecule has 2 rings (SSSR count). The number of aromatic nitrogens is 1. The lowest BCUT2D eigenvalue weighted by atomic mass is 10.1. The molecule has 0 radical (unpaired) electrons. The van der Waals surface area contributed by atoms with Crippen molar-refractivity contribution in [3.63, 3.8) is 0 Å². The van der Waals surface area contributed by atoms with Gasteiger partial charge in [0.25, 0.3) is 0 Å². The molecule has 1 heterocycles. The molecule has 0 aliphatic heterocycles. The minimum absolute atomic E-state index is 0.0739. The van der Waals surface area contributed by atoms with Crippen LogP contribution in [0.5, 0.6) is 0 Å². The summed E-state index contributed by atoms with van der Waals surface area (Å²) < 4.78 is 0. The zero-order chi connectivity index (χ0) is 13.0. The number of hydrogen-bond acceptors (Lipinski definition) is 3. The van der Waals surface area contributed by atoms with Crippen molar-refractivity contribution < 1.29 is 5.11 Å². The van der Waals surface area contributed by atoms with E-state index in [-0.39, 0.29) is 6.61 Å². The molecule has 1 aromatic rings. The van der Waals surface area contributed by atoms with Gasteiger partial charge in [-0.15, -0.1) is 0 Å². The zero-order valence-electron chi connectivity index (χ0n) is 11.5. The molecule has 18 heavy (non-hydrogen) atoms. The molecule has 0 spiro atoms. The third kappa shape index (κ3) is 3.02. The molecule has 1 aliphatic carbocycles. The molecule has 1 aliphatic rings. The molecule has 0 atom stereocenters. The molecule has 1 aromatic heterocycles. The van der Waals surface area contributed by atoms with Crippen LogP contribution in [0.2, 0.25) is 0 Å². The van der Waals surface area contributed by atoms with Gasteiger partial charge >= 0.3 is 0 Å². The second-order valence-electron chi connectivity index (χ2n) is 5.63. The van der Waals surface area contributed by atoms with E-state index >= 15 is 0 Å². The van der Waals surface area contributed by atoms with Crippen molar-refractivity contribution in [2.75, 3.05) is 11.4 Å². The van der Waals surface area contributed by atoms with Crippen LogP contribution in [0.4, 0.5) is 5.82 Å². The standard InChI is InChI=1S/C15H24N2O/c1-12(2)10-17(14-7-3-4-8-14)15-13(11-18)6-5-9-16-15/h5-6,9,12,14,18H,3-4,7-8,10-11H2,1-2H3. The van der Waals surface area contributed by atoms with Crippen molar-refractivity contribution in [1.29, 1.82) is 0 Å². The fraction of sp³-hybridized carbons (Fsp3) is 0.667. The highest BCUT2D eigenvalue weighted by Crippen LogP contribution is 2.29. The van der Waals surface area contributed by atoms with Crippen LogP contribution in [0, 0.1) is 5.92 Å². The van der Waals surface area contributed by atoms with E-state index in [0.29, 0.717) is 12.0 Å². The van der Waals surface area contributed by atoms with E-state index in [4.69, 9.17) is 0 Å². The molecular weight excluding hydrogens is 224 g/mol. The van der Waals surface area contributed by atoms with Gasteiger partial charge in [-0.2, -0.15) is 0 Å². The van der Waals surface area contributed by atoms with E-state index in [1.54, 1.807) is 0 Å². The number of hydrogen-bond donors (Lipinski definition) is 1. The van der Waals surface area contributed by atoms with Crippen LogP contribution >= 0.6 is 0 Å². The van der Waals surface area contributed by atoms with Gasteiger partial charge in [-0.05, 0) is 24.8 Å². The van der Waals surface area contributed by atoms with Crippen molar-refractivity contribution >= 4 is 5.82 Å². The van der Waals surface area contributed by atoms with Crippen LogP contribution in [0.25, 0.3) is 0 Å². The molecular formula is C15H24N2O. The predicted molar refractivity (Wildman–Crippen MR) is 74.6 cm³/mol. The normalized spacial score (nSPS) is 16.4. The smallest absolute Gasteiger partial charge is 0.134 e. The molecule has 0 amide bonds. The summed E-state index contributed by atoms with van der Waals surface area (Å²) in [5, 5.41) is 9.48. The summed E-state index contributed by atoms with van der Waals surface area (Å²) in [4.78, 5) is 6.93. The second kappa shape index (κ2) is 6.19. The van der Waals surface area contributed by atoms with Crippen LogP contribution in [-0.2, 0) is 6.61 Å². The summed E-state index contributed by atoms with van der Waals surface area (Å²) >= 11 is 0. The number of nitrogens with zero attached hydrogens (tertiary/aromatic N) is 2. The van der Waals surface area contributed by atoms with Gasteiger partial charge in [0, 0.05) is 24.3 Å². The highest BCUT2D eigenvalue weighted by atomic mass is 16.3. The number of pyridine rings is 1. The van der Waals surface area contributed by atoms with Crippen molar-refractivity contribution in [2.45, 2.75) is 52.2 Å². The van der Waals surface area contributed by atoms with E-state index in [2.05, 4.69) is 23.7 Å². The van der Waals surface area contributed by atoms with E-state index in [0.717, 1.165) is 17.9 Å². The summed E-state index contributed by atoms with van der Waals surface area (Å²) in [5.41, 5.74) is 0.949. The van der Waals surface area contributed by atoms with Gasteiger partial charge in [0.05, 0.1) is 6.61 Å². The Morgan fingerprint density at radius 2 is 2.11 bits per heavy atom. The third-order valence-corrected chi connectivity index (χ3v) is 3.64. The van der Waals surface area contributed by atoms with Gasteiger partial charge in [-0.1, -0.05) is 32.8 Å². The average Bonchev–Trinajstić information content (AvgIpc) is 2.89. The van der Waals surface area contributed by atoms with Crippen LogP contribution in [0.15, 0.2) is 18.3 Å². The first-order valence-corrected chi connectivity index (χ1v) is 7.03. The van der Waals surface area contributed by atoms with Gasteiger partial charge in [0.15, 0.2) is 0 Å². The van der Waals surface area contributed by atoms with Crippen molar-refractivity contribution in [3.05, 3.63) is 23.9 Å². The van der Waals surface area contributed by atoms with Gasteiger partial charge in [0.2, 0.25) is 0 Å². The highest BCUT2D eigenvalue weighted by molar-refractivity contribution is 5.47. The molecule has 1 N–H and O–H groups in total. The predicted octanol–water partition coefficient (Wildman–Crippen LogP) is 2.98. The summed E-state index contributed by atoms with van der Waals surface area (Å²) in [5.74, 6) is 1.60. The van der Waals surface area contributed by atoms with Gasteiger partial charge < -0.3 is 10.0 Å². The molecule has 1 saturated carbocycles. The van der Waals surface area contributed by atoms with Gasteiger partial charge in [0.1, 0.15) is 5.82 Å². The maximum Gasteiger partial charge on any atom is 0.134 e. The van der Waals surface area contributed by atoms with Crippen LogP contribution < -0.4 is 4.90 Å². The Bertz CT molecular complexity index is 373. The minimum Gasteiger partial charge on any atom is -0.392 e. The van der Waals surface area contributed by atoms with E-state index < -0.39 is 0 Å². The Hall–Kier alpha value is -1.09. The maximum atomic E-state index is 9.48. The third-order valence-electron chi connectivity index (χ3n) is 3.64. The Morgan fingerprint density at radius 1 is 1.39 bits per heavy atom. The largest absolute Gasteiger partial charge is 0.392 e. The number of anilines is 1. The Balaban J connectivity index is 2.26. The lowest BCUT2D eigenvalue weighted by molar-refractivity contribution is 0.281.